The Morgan fingerprint density at radius 1 is 1.20 bits per heavy atom. The molecule has 1 heterocycles. The summed E-state index contributed by atoms with van der Waals surface area (Å²) in [6.07, 6.45) is 1.42. The molecule has 1 aromatic carbocycles. The van der Waals surface area contributed by atoms with E-state index < -0.39 is 6.10 Å². The Hall–Kier alpha value is -0.900. The van der Waals surface area contributed by atoms with E-state index in [9.17, 15) is 10.2 Å². The molecule has 1 aromatic rings. The quantitative estimate of drug-likeness (QED) is 0.888. The van der Waals surface area contributed by atoms with Crippen LogP contribution in [0.1, 0.15) is 42.6 Å². The molecule has 1 aliphatic heterocycles. The van der Waals surface area contributed by atoms with Crippen LogP contribution >= 0.6 is 0 Å². The van der Waals surface area contributed by atoms with Gasteiger partial charge in [-0.2, -0.15) is 0 Å². The van der Waals surface area contributed by atoms with E-state index in [1.165, 1.54) is 5.56 Å². The van der Waals surface area contributed by atoms with Gasteiger partial charge in [0.05, 0.1) is 12.2 Å². The van der Waals surface area contributed by atoms with Gasteiger partial charge in [0.15, 0.2) is 0 Å². The number of hydrogen-bond acceptors (Lipinski definition) is 3. The average Bonchev–Trinajstić information content (AvgIpc) is 2.42. The van der Waals surface area contributed by atoms with E-state index in [0.717, 1.165) is 37.1 Å². The van der Waals surface area contributed by atoms with E-state index >= 15 is 0 Å². The van der Waals surface area contributed by atoms with Crippen molar-refractivity contribution in [2.75, 3.05) is 19.6 Å². The first-order chi connectivity index (χ1) is 9.47. The molecule has 0 saturated carbocycles. The topological polar surface area (TPSA) is 43.7 Å². The van der Waals surface area contributed by atoms with Crippen LogP contribution in [0.25, 0.3) is 0 Å². The number of nitrogens with zero attached hydrogens (tertiary/aromatic N) is 1. The average molecular weight is 277 g/mol. The summed E-state index contributed by atoms with van der Waals surface area (Å²) in [5, 5.41) is 20.1. The smallest absolute Gasteiger partial charge is 0.0919 e. The number of aliphatic hydroxyl groups excluding tert-OH is 2. The Morgan fingerprint density at radius 2 is 1.85 bits per heavy atom. The standard InChI is InChI=1S/C17H27NO2/c1-12-4-5-13(2)16(10-12)17(20)11-18-8-6-15(7-9-18)14(3)19/h4-5,10,14-15,17,19-20H,6-9,11H2,1-3H3/t14-,17-/m1/s1. The minimum Gasteiger partial charge on any atom is -0.393 e. The fraction of sp³-hybridized carbons (Fsp3) is 0.647. The molecule has 0 bridgehead atoms. The first kappa shape index (κ1) is 15.5. The molecule has 0 spiro atoms. The second-order valence-electron chi connectivity index (χ2n) is 6.25. The number of likely N-dealkylation sites (tertiary alicyclic amines) is 1. The van der Waals surface area contributed by atoms with Crippen LogP contribution in [-0.2, 0) is 0 Å². The van der Waals surface area contributed by atoms with E-state index in [1.807, 2.05) is 6.92 Å². The van der Waals surface area contributed by atoms with Gasteiger partial charge in [0.1, 0.15) is 0 Å². The van der Waals surface area contributed by atoms with Crippen LogP contribution in [0.15, 0.2) is 18.2 Å². The van der Waals surface area contributed by atoms with Crippen molar-refractivity contribution in [1.29, 1.82) is 0 Å². The molecule has 0 radical (unpaired) electrons. The summed E-state index contributed by atoms with van der Waals surface area (Å²) in [4.78, 5) is 2.31. The van der Waals surface area contributed by atoms with E-state index in [4.69, 9.17) is 0 Å². The highest BCUT2D eigenvalue weighted by atomic mass is 16.3. The molecule has 1 saturated heterocycles. The normalized spacial score (nSPS) is 20.9. The Labute approximate surface area is 122 Å². The predicted molar refractivity (Wildman–Crippen MR) is 81.7 cm³/mol. The summed E-state index contributed by atoms with van der Waals surface area (Å²) >= 11 is 0. The molecular formula is C17H27NO2. The molecular weight excluding hydrogens is 250 g/mol. The molecule has 112 valence electrons. The van der Waals surface area contributed by atoms with E-state index in [2.05, 4.69) is 36.9 Å². The van der Waals surface area contributed by atoms with Crippen molar-refractivity contribution in [3.8, 4) is 0 Å². The molecule has 0 aromatic heterocycles. The number of piperidine rings is 1. The zero-order chi connectivity index (χ0) is 14.7. The monoisotopic (exact) mass is 277 g/mol. The van der Waals surface area contributed by atoms with Crippen LogP contribution in [0.3, 0.4) is 0 Å². The lowest BCUT2D eigenvalue weighted by Crippen LogP contribution is -2.39. The van der Waals surface area contributed by atoms with E-state index in [-0.39, 0.29) is 6.10 Å². The number of hydrogen-bond donors (Lipinski definition) is 2. The zero-order valence-electron chi connectivity index (χ0n) is 12.8. The third-order valence-corrected chi connectivity index (χ3v) is 4.54. The molecule has 0 unspecified atom stereocenters. The van der Waals surface area contributed by atoms with Crippen molar-refractivity contribution in [3.05, 3.63) is 34.9 Å². The van der Waals surface area contributed by atoms with Crippen LogP contribution in [0, 0.1) is 19.8 Å². The van der Waals surface area contributed by atoms with Crippen LogP contribution < -0.4 is 0 Å². The Kier molecular flexibility index (Phi) is 5.19. The van der Waals surface area contributed by atoms with Crippen molar-refractivity contribution in [1.82, 2.24) is 4.90 Å². The second-order valence-corrected chi connectivity index (χ2v) is 6.25. The Morgan fingerprint density at radius 3 is 2.45 bits per heavy atom. The summed E-state index contributed by atoms with van der Waals surface area (Å²) in [5.41, 5.74) is 3.39. The van der Waals surface area contributed by atoms with Gasteiger partial charge in [0, 0.05) is 6.54 Å². The largest absolute Gasteiger partial charge is 0.393 e. The zero-order valence-corrected chi connectivity index (χ0v) is 12.8. The minimum absolute atomic E-state index is 0.207. The molecule has 20 heavy (non-hydrogen) atoms. The summed E-state index contributed by atoms with van der Waals surface area (Å²) in [7, 11) is 0. The Bertz CT molecular complexity index is 437. The van der Waals surface area contributed by atoms with Crippen LogP contribution in [0.5, 0.6) is 0 Å². The first-order valence-corrected chi connectivity index (χ1v) is 7.63. The maximum absolute atomic E-state index is 10.5. The molecule has 1 aliphatic rings. The third-order valence-electron chi connectivity index (χ3n) is 4.54. The van der Waals surface area contributed by atoms with Gasteiger partial charge in [-0.3, -0.25) is 0 Å². The first-order valence-electron chi connectivity index (χ1n) is 7.63. The summed E-state index contributed by atoms with van der Waals surface area (Å²) in [5.74, 6) is 0.420. The Balaban J connectivity index is 1.92. The van der Waals surface area contributed by atoms with Gasteiger partial charge in [-0.15, -0.1) is 0 Å². The number of aryl methyl sites for hydroxylation is 2. The molecule has 0 amide bonds. The number of β-amino-alcohol motifs (C(OH)–C–C–N with tert-alkyl or cyclic N) is 1. The highest BCUT2D eigenvalue weighted by Crippen LogP contribution is 2.24. The minimum atomic E-state index is -0.419. The third kappa shape index (κ3) is 3.81. The van der Waals surface area contributed by atoms with Crippen molar-refractivity contribution < 1.29 is 10.2 Å². The van der Waals surface area contributed by atoms with Crippen molar-refractivity contribution >= 4 is 0 Å². The van der Waals surface area contributed by atoms with Gasteiger partial charge < -0.3 is 15.1 Å². The molecule has 2 rings (SSSR count). The lowest BCUT2D eigenvalue weighted by atomic mass is 9.91. The fourth-order valence-corrected chi connectivity index (χ4v) is 3.08. The van der Waals surface area contributed by atoms with Gasteiger partial charge in [0.25, 0.3) is 0 Å². The molecule has 2 atom stereocenters. The summed E-state index contributed by atoms with van der Waals surface area (Å²) in [6.45, 7) is 8.62. The number of rotatable bonds is 4. The molecule has 0 aliphatic carbocycles. The highest BCUT2D eigenvalue weighted by molar-refractivity contribution is 5.32. The van der Waals surface area contributed by atoms with Crippen LogP contribution in [0.4, 0.5) is 0 Å². The SMILES string of the molecule is Cc1ccc(C)c([C@H](O)CN2CCC([C@@H](C)O)CC2)c1. The van der Waals surface area contributed by atoms with Crippen molar-refractivity contribution in [3.63, 3.8) is 0 Å². The van der Waals surface area contributed by atoms with Gasteiger partial charge in [0.2, 0.25) is 0 Å². The predicted octanol–water partition coefficient (Wildman–Crippen LogP) is 2.43. The van der Waals surface area contributed by atoms with Crippen LogP contribution in [-0.4, -0.2) is 40.9 Å². The van der Waals surface area contributed by atoms with Crippen molar-refractivity contribution in [2.24, 2.45) is 5.92 Å². The van der Waals surface area contributed by atoms with Crippen LogP contribution in [0.2, 0.25) is 0 Å². The number of benzene rings is 1. The van der Waals surface area contributed by atoms with Gasteiger partial charge in [-0.05, 0) is 63.7 Å². The van der Waals surface area contributed by atoms with Crippen molar-refractivity contribution in [2.45, 2.75) is 45.8 Å². The maximum Gasteiger partial charge on any atom is 0.0919 e. The summed E-state index contributed by atoms with van der Waals surface area (Å²) in [6, 6.07) is 6.25. The van der Waals surface area contributed by atoms with Gasteiger partial charge in [-0.25, -0.2) is 0 Å². The van der Waals surface area contributed by atoms with Gasteiger partial charge >= 0.3 is 0 Å². The van der Waals surface area contributed by atoms with Gasteiger partial charge in [-0.1, -0.05) is 23.8 Å². The maximum atomic E-state index is 10.5. The highest BCUT2D eigenvalue weighted by Gasteiger charge is 2.24. The number of aliphatic hydroxyl groups is 2. The summed E-state index contributed by atoms with van der Waals surface area (Å²) < 4.78 is 0. The van der Waals surface area contributed by atoms with E-state index in [0.29, 0.717) is 12.5 Å². The lowest BCUT2D eigenvalue weighted by molar-refractivity contribution is 0.0484. The fourth-order valence-electron chi connectivity index (χ4n) is 3.08. The lowest BCUT2D eigenvalue weighted by Gasteiger charge is -2.34. The molecule has 2 N–H and O–H groups in total. The second kappa shape index (κ2) is 6.70. The molecule has 1 fully saturated rings. The molecule has 3 nitrogen and oxygen atoms in total. The molecule has 3 heteroatoms. The van der Waals surface area contributed by atoms with E-state index in [1.54, 1.807) is 0 Å².